The number of carbonyl (C=O) groups is 2. The highest BCUT2D eigenvalue weighted by molar-refractivity contribution is 6.34. The van der Waals surface area contributed by atoms with E-state index in [4.69, 9.17) is 26.4 Å². The maximum Gasteiger partial charge on any atom is 0.338 e. The summed E-state index contributed by atoms with van der Waals surface area (Å²) in [6, 6.07) is 7.40. The van der Waals surface area contributed by atoms with Crippen molar-refractivity contribution in [1.29, 1.82) is 5.26 Å². The number of aromatic carboxylic acids is 1. The minimum Gasteiger partial charge on any atom is -0.478 e. The molecule has 0 radical (unpaired) electrons. The molecule has 2 N–H and O–H groups in total. The summed E-state index contributed by atoms with van der Waals surface area (Å²) in [7, 11) is 0. The summed E-state index contributed by atoms with van der Waals surface area (Å²) in [6.45, 7) is 0. The molecule has 0 saturated carbocycles. The molecule has 1 aromatic heterocycles. The SMILES string of the molecule is N#Cc1ccc(Cl)c(NC(=O)c2cc(C(=O)O)co2)c1. The Hall–Kier alpha value is -2.78. The Balaban J connectivity index is 2.23. The van der Waals surface area contributed by atoms with Gasteiger partial charge in [-0.2, -0.15) is 5.26 Å². The van der Waals surface area contributed by atoms with Crippen LogP contribution in [0, 0.1) is 11.3 Å². The average molecular weight is 291 g/mol. The van der Waals surface area contributed by atoms with Crippen LogP contribution in [0.2, 0.25) is 5.02 Å². The van der Waals surface area contributed by atoms with E-state index < -0.39 is 11.9 Å². The van der Waals surface area contributed by atoms with Crippen molar-refractivity contribution < 1.29 is 19.1 Å². The van der Waals surface area contributed by atoms with Gasteiger partial charge in [-0.15, -0.1) is 0 Å². The molecule has 1 heterocycles. The zero-order chi connectivity index (χ0) is 14.7. The Bertz CT molecular complexity index is 730. The Morgan fingerprint density at radius 2 is 2.10 bits per heavy atom. The topological polar surface area (TPSA) is 103 Å². The summed E-state index contributed by atoms with van der Waals surface area (Å²) >= 11 is 5.89. The molecule has 20 heavy (non-hydrogen) atoms. The number of halogens is 1. The van der Waals surface area contributed by atoms with Crippen LogP contribution in [0.15, 0.2) is 34.9 Å². The summed E-state index contributed by atoms with van der Waals surface area (Å²) in [5.41, 5.74) is 0.436. The zero-order valence-corrected chi connectivity index (χ0v) is 10.6. The second-order valence-corrected chi connectivity index (χ2v) is 4.17. The number of carbonyl (C=O) groups excluding carboxylic acids is 1. The first-order valence-electron chi connectivity index (χ1n) is 5.34. The number of furan rings is 1. The van der Waals surface area contributed by atoms with Crippen LogP contribution < -0.4 is 5.32 Å². The normalized spacial score (nSPS) is 9.80. The van der Waals surface area contributed by atoms with Gasteiger partial charge in [0, 0.05) is 6.07 Å². The molecule has 0 fully saturated rings. The van der Waals surface area contributed by atoms with Crippen molar-refractivity contribution in [3.05, 3.63) is 52.4 Å². The van der Waals surface area contributed by atoms with Gasteiger partial charge in [0.15, 0.2) is 5.76 Å². The zero-order valence-electron chi connectivity index (χ0n) is 9.88. The van der Waals surface area contributed by atoms with Gasteiger partial charge in [0.1, 0.15) is 6.26 Å². The first kappa shape index (κ1) is 13.6. The van der Waals surface area contributed by atoms with E-state index in [-0.39, 0.29) is 22.0 Å². The highest BCUT2D eigenvalue weighted by Gasteiger charge is 2.16. The van der Waals surface area contributed by atoms with Crippen LogP contribution in [0.5, 0.6) is 0 Å². The van der Waals surface area contributed by atoms with Crippen LogP contribution >= 0.6 is 11.6 Å². The van der Waals surface area contributed by atoms with Gasteiger partial charge in [-0.3, -0.25) is 4.79 Å². The van der Waals surface area contributed by atoms with E-state index in [2.05, 4.69) is 5.32 Å². The van der Waals surface area contributed by atoms with E-state index in [1.165, 1.54) is 18.2 Å². The summed E-state index contributed by atoms with van der Waals surface area (Å²) in [4.78, 5) is 22.5. The first-order valence-corrected chi connectivity index (χ1v) is 5.72. The van der Waals surface area contributed by atoms with Crippen molar-refractivity contribution >= 4 is 29.2 Å². The standard InChI is InChI=1S/C13H7ClN2O4/c14-9-2-1-7(5-15)3-10(9)16-12(17)11-4-8(6-20-11)13(18)19/h1-4,6H,(H,16,17)(H,18,19). The number of carboxylic acids is 1. The Morgan fingerprint density at radius 1 is 1.35 bits per heavy atom. The lowest BCUT2D eigenvalue weighted by Gasteiger charge is -2.05. The minimum absolute atomic E-state index is 0.132. The lowest BCUT2D eigenvalue weighted by Crippen LogP contribution is -2.11. The third-order valence-corrected chi connectivity index (χ3v) is 2.74. The van der Waals surface area contributed by atoms with Gasteiger partial charge >= 0.3 is 5.97 Å². The lowest BCUT2D eigenvalue weighted by molar-refractivity contribution is 0.0696. The minimum atomic E-state index is -1.20. The molecule has 0 aliphatic heterocycles. The summed E-state index contributed by atoms with van der Waals surface area (Å²) in [5, 5.41) is 20.2. The second-order valence-electron chi connectivity index (χ2n) is 3.77. The third-order valence-electron chi connectivity index (χ3n) is 2.41. The Kier molecular flexibility index (Phi) is 3.73. The maximum absolute atomic E-state index is 11.9. The molecule has 0 aliphatic rings. The molecule has 6 nitrogen and oxygen atoms in total. The van der Waals surface area contributed by atoms with E-state index in [1.807, 2.05) is 6.07 Å². The fourth-order valence-corrected chi connectivity index (χ4v) is 1.61. The molecule has 2 aromatic rings. The fourth-order valence-electron chi connectivity index (χ4n) is 1.44. The van der Waals surface area contributed by atoms with Gasteiger partial charge in [-0.25, -0.2) is 4.79 Å². The molecule has 0 spiro atoms. The summed E-state index contributed by atoms with van der Waals surface area (Å²) in [6.07, 6.45) is 0.963. The molecule has 1 aromatic carbocycles. The molecular weight excluding hydrogens is 284 g/mol. The smallest absolute Gasteiger partial charge is 0.338 e. The maximum atomic E-state index is 11.9. The lowest BCUT2D eigenvalue weighted by atomic mass is 10.2. The fraction of sp³-hybridized carbons (Fsp3) is 0. The molecular formula is C13H7ClN2O4. The number of benzene rings is 1. The molecule has 100 valence electrons. The van der Waals surface area contributed by atoms with Crippen LogP contribution in [0.4, 0.5) is 5.69 Å². The average Bonchev–Trinajstić information content (AvgIpc) is 2.91. The second kappa shape index (κ2) is 5.47. The van der Waals surface area contributed by atoms with Crippen molar-refractivity contribution in [3.8, 4) is 6.07 Å². The number of hydrogen-bond donors (Lipinski definition) is 2. The van der Waals surface area contributed by atoms with Crippen LogP contribution in [0.1, 0.15) is 26.5 Å². The molecule has 0 saturated heterocycles. The van der Waals surface area contributed by atoms with E-state index in [9.17, 15) is 9.59 Å². The van der Waals surface area contributed by atoms with Crippen molar-refractivity contribution in [1.82, 2.24) is 0 Å². The quantitative estimate of drug-likeness (QED) is 0.904. The summed E-state index contributed by atoms with van der Waals surface area (Å²) in [5.74, 6) is -2.02. The van der Waals surface area contributed by atoms with Gasteiger partial charge in [0.2, 0.25) is 0 Å². The molecule has 0 aliphatic carbocycles. The first-order chi connectivity index (χ1) is 9.51. The van der Waals surface area contributed by atoms with Crippen LogP contribution in [-0.2, 0) is 0 Å². The van der Waals surface area contributed by atoms with Crippen molar-refractivity contribution in [2.45, 2.75) is 0 Å². The largest absolute Gasteiger partial charge is 0.478 e. The number of rotatable bonds is 3. The Morgan fingerprint density at radius 3 is 2.70 bits per heavy atom. The van der Waals surface area contributed by atoms with E-state index in [0.717, 1.165) is 12.3 Å². The monoisotopic (exact) mass is 290 g/mol. The molecule has 2 rings (SSSR count). The number of amides is 1. The number of anilines is 1. The van der Waals surface area contributed by atoms with Crippen LogP contribution in [0.25, 0.3) is 0 Å². The van der Waals surface area contributed by atoms with Gasteiger partial charge in [-0.1, -0.05) is 11.6 Å². The number of nitriles is 1. The predicted molar refractivity (Wildman–Crippen MR) is 69.8 cm³/mol. The highest BCUT2D eigenvalue weighted by atomic mass is 35.5. The highest BCUT2D eigenvalue weighted by Crippen LogP contribution is 2.23. The van der Waals surface area contributed by atoms with Crippen LogP contribution in [-0.4, -0.2) is 17.0 Å². The molecule has 0 unspecified atom stereocenters. The number of hydrogen-bond acceptors (Lipinski definition) is 4. The number of carboxylic acid groups (broad SMARTS) is 1. The van der Waals surface area contributed by atoms with Crippen molar-refractivity contribution in [2.24, 2.45) is 0 Å². The van der Waals surface area contributed by atoms with E-state index in [1.54, 1.807) is 0 Å². The number of nitrogens with one attached hydrogen (secondary N) is 1. The van der Waals surface area contributed by atoms with E-state index >= 15 is 0 Å². The number of nitrogens with zero attached hydrogens (tertiary/aromatic N) is 1. The van der Waals surface area contributed by atoms with Gasteiger partial charge in [-0.05, 0) is 18.2 Å². The van der Waals surface area contributed by atoms with Crippen LogP contribution in [0.3, 0.4) is 0 Å². The van der Waals surface area contributed by atoms with Gasteiger partial charge in [0.05, 0.1) is 27.9 Å². The molecule has 1 amide bonds. The Labute approximate surface area is 118 Å². The van der Waals surface area contributed by atoms with E-state index in [0.29, 0.717) is 5.56 Å². The molecule has 0 bridgehead atoms. The summed E-state index contributed by atoms with van der Waals surface area (Å²) < 4.78 is 4.86. The van der Waals surface area contributed by atoms with Crippen molar-refractivity contribution in [2.75, 3.05) is 5.32 Å². The van der Waals surface area contributed by atoms with Gasteiger partial charge in [0.25, 0.3) is 5.91 Å². The molecule has 0 atom stereocenters. The van der Waals surface area contributed by atoms with Gasteiger partial charge < -0.3 is 14.8 Å². The molecule has 7 heteroatoms. The van der Waals surface area contributed by atoms with Crippen molar-refractivity contribution in [3.63, 3.8) is 0 Å². The predicted octanol–water partition coefficient (Wildman–Crippen LogP) is 2.76. The third kappa shape index (κ3) is 2.79.